The van der Waals surface area contributed by atoms with Crippen molar-refractivity contribution in [3.05, 3.63) is 79.5 Å². The number of likely N-dealkylation sites (tertiary alicyclic amines) is 2. The van der Waals surface area contributed by atoms with E-state index < -0.39 is 246 Å². The molecule has 8 rings (SSSR count). The Hall–Kier alpha value is -13.5. The largest absolute Gasteiger partial charge is 0.497 e. The molecule has 4 aromatic rings. The zero-order valence-electron chi connectivity index (χ0n) is 83.7. The summed E-state index contributed by atoms with van der Waals surface area (Å²) in [7, 11) is 1.45. The maximum atomic E-state index is 14.5. The van der Waals surface area contributed by atoms with Crippen molar-refractivity contribution in [1.29, 1.82) is 0 Å². The number of carboxylic acids is 1. The van der Waals surface area contributed by atoms with Gasteiger partial charge in [-0.2, -0.15) is 11.8 Å². The molecule has 1 unspecified atom stereocenters. The average molecular weight is 2070 g/mol. The van der Waals surface area contributed by atoms with E-state index in [2.05, 4.69) is 74.0 Å². The van der Waals surface area contributed by atoms with Gasteiger partial charge in [-0.15, -0.1) is 0 Å². The molecule has 49 nitrogen and oxygen atoms in total. The molecule has 2 aromatic heterocycles. The van der Waals surface area contributed by atoms with Crippen LogP contribution < -0.4 is 107 Å². The molecule has 2 saturated heterocycles. The van der Waals surface area contributed by atoms with Crippen molar-refractivity contribution in [2.24, 2.45) is 35.0 Å². The summed E-state index contributed by atoms with van der Waals surface area (Å²) in [4.78, 5) is 287. The highest BCUT2D eigenvalue weighted by atomic mass is 32.2. The highest BCUT2D eigenvalue weighted by Crippen LogP contribution is 2.40. The highest BCUT2D eigenvalue weighted by Gasteiger charge is 2.44. The Morgan fingerprint density at radius 2 is 0.938 bits per heavy atom. The van der Waals surface area contributed by atoms with Crippen molar-refractivity contribution in [3.63, 3.8) is 0 Å². The number of amides is 18. The lowest BCUT2D eigenvalue weighted by Gasteiger charge is -2.37. The smallest absolute Gasteiger partial charge is 0.349 e. The van der Waals surface area contributed by atoms with Gasteiger partial charge in [-0.1, -0.05) is 41.5 Å². The number of carboxylic acid groups (broad SMARTS) is 1. The van der Waals surface area contributed by atoms with Crippen LogP contribution in [0.1, 0.15) is 183 Å². The number of carbonyl (C=O) groups excluding carboxylic acids is 18. The number of unbranched alkanes of at least 4 members (excludes halogenated alkanes) is 1. The van der Waals surface area contributed by atoms with Gasteiger partial charge in [-0.05, 0) is 169 Å². The van der Waals surface area contributed by atoms with Gasteiger partial charge >= 0.3 is 17.2 Å². The molecule has 0 aliphatic carbocycles. The number of nitrogens with two attached hydrogens (primary N) is 3. The molecule has 146 heavy (non-hydrogen) atoms. The SMILES string of the molecule is COc1ccc2cc(C(=O)NCCOCCOCC(=O)N[C@@H](CCC(N)=O)C(=O)N3CCC[C@H]3C(=O)N[C@@H](CCSC)C(=O)N[C@@H](C)C(=O)N[C@H](C(=O)N[C@H](C(=O)N[C@@H](CCC(N)=O)C(=O)N[C@@H](CO)C(=O)N[C@H](C(=O)N3CCC[C@H]3C(=O)N[C@@H](CCC(N)=O)C(=O)NCCOCCOCC(=O)NC(CCCCNC(=O)c3cc4cc5c6c(c4oc3=O)CCCN6CCC5)C(=O)O)C(C)C)C(C)C)C(C)C)c(=O)oc2c1. The fourth-order valence-electron chi connectivity index (χ4n) is 17.1. The number of aliphatic hydroxyl groups is 1. The number of methoxy groups -OCH3 is 1. The first-order valence-electron chi connectivity index (χ1n) is 49.0. The van der Waals surface area contributed by atoms with Gasteiger partial charge in [0, 0.05) is 93.2 Å². The van der Waals surface area contributed by atoms with Crippen LogP contribution in [0.3, 0.4) is 0 Å². The Morgan fingerprint density at radius 1 is 0.459 bits per heavy atom. The molecule has 2 aromatic carbocycles. The van der Waals surface area contributed by atoms with E-state index in [1.807, 2.05) is 6.07 Å². The zero-order valence-corrected chi connectivity index (χ0v) is 84.5. The van der Waals surface area contributed by atoms with Crippen molar-refractivity contribution in [1.82, 2.24) is 78.9 Å². The first-order valence-corrected chi connectivity index (χ1v) is 50.4. The van der Waals surface area contributed by atoms with E-state index in [0.29, 0.717) is 40.7 Å². The molecule has 0 bridgehead atoms. The molecule has 2 fully saturated rings. The highest BCUT2D eigenvalue weighted by molar-refractivity contribution is 7.98. The number of rotatable bonds is 62. The van der Waals surface area contributed by atoms with Crippen molar-refractivity contribution < 1.29 is 134 Å². The number of ether oxygens (including phenoxy) is 5. The Morgan fingerprint density at radius 3 is 1.49 bits per heavy atom. The van der Waals surface area contributed by atoms with E-state index in [1.54, 1.807) is 52.1 Å². The van der Waals surface area contributed by atoms with Crippen molar-refractivity contribution in [3.8, 4) is 5.75 Å². The second-order valence-electron chi connectivity index (χ2n) is 37.0. The monoisotopic (exact) mass is 2070 g/mol. The van der Waals surface area contributed by atoms with Crippen LogP contribution in [0.2, 0.25) is 0 Å². The number of nitrogens with one attached hydrogen (secondary N) is 13. The van der Waals surface area contributed by atoms with E-state index in [1.165, 1.54) is 61.6 Å². The Kier molecular flexibility index (Phi) is 47.3. The van der Waals surface area contributed by atoms with E-state index >= 15 is 0 Å². The number of aliphatic carboxylic acids is 1. The molecule has 804 valence electrons. The van der Waals surface area contributed by atoms with Crippen LogP contribution in [0.15, 0.2) is 54.8 Å². The van der Waals surface area contributed by atoms with Crippen LogP contribution in [0.25, 0.3) is 21.9 Å². The summed E-state index contributed by atoms with van der Waals surface area (Å²) >= 11 is 1.33. The molecular formula is C96H139N19O30S. The summed E-state index contributed by atoms with van der Waals surface area (Å²) in [6.07, 6.45) is 4.54. The van der Waals surface area contributed by atoms with Gasteiger partial charge in [-0.25, -0.2) is 14.4 Å². The van der Waals surface area contributed by atoms with Crippen LogP contribution in [0.5, 0.6) is 5.75 Å². The van der Waals surface area contributed by atoms with Gasteiger partial charge in [0.1, 0.15) is 114 Å². The minimum atomic E-state index is -1.84. The molecule has 21 N–H and O–H groups in total. The average Bonchev–Trinajstić information content (AvgIpc) is 0.950. The number of aryl methyl sites for hydroxylation is 2. The fraction of sp³-hybridized carbons (Fsp3) is 0.615. The van der Waals surface area contributed by atoms with Crippen molar-refractivity contribution in [2.45, 2.75) is 237 Å². The van der Waals surface area contributed by atoms with Crippen molar-refractivity contribution >= 4 is 152 Å². The summed E-state index contributed by atoms with van der Waals surface area (Å²) in [5.41, 5.74) is 18.4. The lowest BCUT2D eigenvalue weighted by Crippen LogP contribution is -2.62. The first-order chi connectivity index (χ1) is 69.5. The lowest BCUT2D eigenvalue weighted by molar-refractivity contribution is -0.143. The molecule has 0 saturated carbocycles. The third-order valence-electron chi connectivity index (χ3n) is 24.9. The number of hydrogen-bond acceptors (Lipinski definition) is 31. The number of carbonyl (C=O) groups is 19. The van der Waals surface area contributed by atoms with Crippen LogP contribution in [0, 0.1) is 17.8 Å². The quantitative estimate of drug-likeness (QED) is 0.0151. The van der Waals surface area contributed by atoms with Gasteiger partial charge in [0.05, 0.1) is 53.4 Å². The molecule has 4 aliphatic rings. The molecule has 0 radical (unpaired) electrons. The normalized spacial score (nSPS) is 16.3. The van der Waals surface area contributed by atoms with Gasteiger partial charge in [0.2, 0.25) is 94.5 Å². The third-order valence-corrected chi connectivity index (χ3v) is 25.6. The number of primary amides is 3. The van der Waals surface area contributed by atoms with Crippen LogP contribution in [0.4, 0.5) is 5.69 Å². The predicted molar refractivity (Wildman–Crippen MR) is 527 cm³/mol. The Bertz CT molecular complexity index is 5440. The molecule has 18 amide bonds. The van der Waals surface area contributed by atoms with Crippen LogP contribution in [-0.2, 0) is 113 Å². The third kappa shape index (κ3) is 35.5. The van der Waals surface area contributed by atoms with Crippen molar-refractivity contribution in [2.75, 3.05) is 129 Å². The lowest BCUT2D eigenvalue weighted by atomic mass is 9.90. The number of thioether (sulfide) groups is 1. The van der Waals surface area contributed by atoms with Gasteiger partial charge in [0.25, 0.3) is 11.8 Å². The minimum Gasteiger partial charge on any atom is -0.497 e. The van der Waals surface area contributed by atoms with E-state index in [0.717, 1.165) is 55.6 Å². The van der Waals surface area contributed by atoms with E-state index in [4.69, 9.17) is 49.7 Å². The standard InChI is InChI=1S/C96H139N19O30S/c1-51(2)76(111-91(132)77(52(3)4)110-81(122)54(7)103-85(126)64(29-43-146-9)107-88(129)68-19-14-35-114(68)92(133)65(25-28-73(99)119)104-74(120)49-142-41-39-140-37-31-101-83(124)60-45-55-21-22-58(139-8)47-70(55)144-95(60)137)90(131)108-63(24-27-72(98)118)86(127)109-67(48-116)87(128)112-78(53(5)6)93(134)115-36-15-20-69(115)89(130)106-62(23-26-71(97)117)84(125)102-32-38-141-40-42-143-50-75(121)105-66(94(135)136)18-10-11-30-100-82(123)61-46-57-44-56-16-12-33-113-34-13-17-59(79(56)113)80(57)145-96(61)138/h21-22,44-47,51-54,62-69,76-78,116H,10-20,23-43,48-50H2,1-9H3,(H2,97,117)(H2,98,118)(H2,99,119)(H,100,123)(H,101,124)(H,102,125)(H,103,126)(H,104,120)(H,105,121)(H,106,130)(H,107,129)(H,108,131)(H,109,127)(H,110,122)(H,111,132)(H,112,128)(H,135,136)/t54-,62-,63-,64-,65-,66?,67-,68-,69-,76-,77-,78-/m0/s1. The summed E-state index contributed by atoms with van der Waals surface area (Å²) < 4.78 is 38.0. The molecule has 6 heterocycles. The number of fused-ring (bicyclic) bond motifs is 3. The zero-order chi connectivity index (χ0) is 107. The number of benzene rings is 2. The summed E-state index contributed by atoms with van der Waals surface area (Å²) in [6, 6.07) is -7.26. The predicted octanol–water partition coefficient (Wildman–Crippen LogP) is -3.44. The van der Waals surface area contributed by atoms with Gasteiger partial charge in [-0.3, -0.25) is 86.3 Å². The molecule has 0 spiro atoms. The van der Waals surface area contributed by atoms with Crippen LogP contribution >= 0.6 is 11.8 Å². The van der Waals surface area contributed by atoms with E-state index in [-0.39, 0.29) is 153 Å². The van der Waals surface area contributed by atoms with Gasteiger partial charge < -0.3 is 144 Å². The molecule has 12 atom stereocenters. The minimum absolute atomic E-state index is 0.00631. The first kappa shape index (κ1) is 118. The number of anilines is 1. The second kappa shape index (κ2) is 58.6. The topological polar surface area (TPSA) is 716 Å². The number of hydrogen-bond donors (Lipinski definition) is 18. The van der Waals surface area contributed by atoms with E-state index in [9.17, 15) is 111 Å². The Balaban J connectivity index is 0.754. The van der Waals surface area contributed by atoms with Gasteiger partial charge in [0.15, 0.2) is 0 Å². The molecular weight excluding hydrogens is 1930 g/mol. The maximum Gasteiger partial charge on any atom is 0.349 e. The second-order valence-corrected chi connectivity index (χ2v) is 38.0. The number of nitrogens with zero attached hydrogens (tertiary/aromatic N) is 3. The Labute approximate surface area is 846 Å². The summed E-state index contributed by atoms with van der Waals surface area (Å²) in [5.74, 6) is -17.8. The van der Waals surface area contributed by atoms with Crippen LogP contribution in [-0.4, -0.2) is 329 Å². The summed E-state index contributed by atoms with van der Waals surface area (Å²) in [5, 5.41) is 54.9. The summed E-state index contributed by atoms with van der Waals surface area (Å²) in [6.45, 7) is 9.83. The molecule has 4 aliphatic heterocycles. The molecule has 50 heteroatoms. The maximum absolute atomic E-state index is 14.5. The number of aliphatic hydroxyl groups excluding tert-OH is 1. The fourth-order valence-corrected chi connectivity index (χ4v) is 17.6.